The van der Waals surface area contributed by atoms with Gasteiger partial charge in [-0.25, -0.2) is 0 Å². The molecule has 1 aliphatic rings. The van der Waals surface area contributed by atoms with Crippen LogP contribution >= 0.6 is 0 Å². The van der Waals surface area contributed by atoms with E-state index in [9.17, 15) is 0 Å². The minimum Gasteiger partial charge on any atom is -0.480 e. The standard InChI is InChI=1S/C10H17N3O/c1-13-7-9(10(12-13)14-2)8-3-5-11-6-4-8/h7-8,11H,3-6H2,1-2H3. The van der Waals surface area contributed by atoms with Crippen molar-refractivity contribution in [3.05, 3.63) is 11.8 Å². The Morgan fingerprint density at radius 1 is 1.50 bits per heavy atom. The maximum Gasteiger partial charge on any atom is 0.235 e. The summed E-state index contributed by atoms with van der Waals surface area (Å²) >= 11 is 0. The van der Waals surface area contributed by atoms with E-state index in [0.29, 0.717) is 5.92 Å². The minimum absolute atomic E-state index is 0.611. The summed E-state index contributed by atoms with van der Waals surface area (Å²) in [5, 5.41) is 7.64. The van der Waals surface area contributed by atoms with Gasteiger partial charge in [0.1, 0.15) is 0 Å². The van der Waals surface area contributed by atoms with Crippen LogP contribution in [0.25, 0.3) is 0 Å². The van der Waals surface area contributed by atoms with Gasteiger partial charge in [0.25, 0.3) is 0 Å². The van der Waals surface area contributed by atoms with Crippen LogP contribution in [-0.4, -0.2) is 30.0 Å². The highest BCUT2D eigenvalue weighted by Gasteiger charge is 2.21. The maximum absolute atomic E-state index is 5.27. The van der Waals surface area contributed by atoms with Gasteiger partial charge in [-0.1, -0.05) is 0 Å². The molecule has 1 N–H and O–H groups in total. The van der Waals surface area contributed by atoms with E-state index in [1.807, 2.05) is 11.7 Å². The lowest BCUT2D eigenvalue weighted by Crippen LogP contribution is -2.26. The van der Waals surface area contributed by atoms with Crippen LogP contribution in [0.1, 0.15) is 24.3 Å². The Bertz CT molecular complexity index is 302. The number of methoxy groups -OCH3 is 1. The van der Waals surface area contributed by atoms with Crippen LogP contribution in [0, 0.1) is 0 Å². The van der Waals surface area contributed by atoms with E-state index >= 15 is 0 Å². The molecule has 1 aliphatic heterocycles. The quantitative estimate of drug-likeness (QED) is 0.762. The first-order chi connectivity index (χ1) is 6.81. The maximum atomic E-state index is 5.27. The smallest absolute Gasteiger partial charge is 0.235 e. The minimum atomic E-state index is 0.611. The van der Waals surface area contributed by atoms with E-state index in [1.54, 1.807) is 7.11 Å². The van der Waals surface area contributed by atoms with Gasteiger partial charge in [-0.05, 0) is 31.8 Å². The average molecular weight is 195 g/mol. The number of hydrogen-bond donors (Lipinski definition) is 1. The lowest BCUT2D eigenvalue weighted by atomic mass is 9.92. The van der Waals surface area contributed by atoms with Gasteiger partial charge in [0, 0.05) is 18.8 Å². The second kappa shape index (κ2) is 4.00. The Kier molecular flexibility index (Phi) is 2.72. The van der Waals surface area contributed by atoms with Gasteiger partial charge in [0.15, 0.2) is 0 Å². The molecule has 1 fully saturated rings. The molecule has 2 heterocycles. The fraction of sp³-hybridized carbons (Fsp3) is 0.700. The van der Waals surface area contributed by atoms with Crippen molar-refractivity contribution in [1.82, 2.24) is 15.1 Å². The molecule has 2 rings (SSSR count). The Morgan fingerprint density at radius 2 is 2.21 bits per heavy atom. The molecule has 0 unspecified atom stereocenters. The Hall–Kier alpha value is -1.03. The molecule has 0 aromatic carbocycles. The number of hydrogen-bond acceptors (Lipinski definition) is 3. The molecule has 1 saturated heterocycles. The van der Waals surface area contributed by atoms with Gasteiger partial charge < -0.3 is 10.1 Å². The summed E-state index contributed by atoms with van der Waals surface area (Å²) < 4.78 is 7.10. The van der Waals surface area contributed by atoms with E-state index in [1.165, 1.54) is 18.4 Å². The van der Waals surface area contributed by atoms with Crippen molar-refractivity contribution in [3.63, 3.8) is 0 Å². The molecular formula is C10H17N3O. The van der Waals surface area contributed by atoms with Crippen molar-refractivity contribution in [1.29, 1.82) is 0 Å². The van der Waals surface area contributed by atoms with Crippen LogP contribution in [0.3, 0.4) is 0 Å². The van der Waals surface area contributed by atoms with Gasteiger partial charge in [0.2, 0.25) is 5.88 Å². The summed E-state index contributed by atoms with van der Waals surface area (Å²) in [6, 6.07) is 0. The molecule has 78 valence electrons. The molecule has 4 heteroatoms. The Balaban J connectivity index is 2.20. The molecule has 0 spiro atoms. The van der Waals surface area contributed by atoms with Crippen molar-refractivity contribution < 1.29 is 4.74 Å². The van der Waals surface area contributed by atoms with Crippen LogP contribution in [-0.2, 0) is 7.05 Å². The number of aryl methyl sites for hydroxylation is 1. The molecule has 0 radical (unpaired) electrons. The van der Waals surface area contributed by atoms with Gasteiger partial charge in [-0.2, -0.15) is 0 Å². The third-order valence-electron chi connectivity index (χ3n) is 2.79. The normalized spacial score (nSPS) is 18.4. The number of aromatic nitrogens is 2. The summed E-state index contributed by atoms with van der Waals surface area (Å²) in [5.74, 6) is 1.40. The zero-order chi connectivity index (χ0) is 9.97. The fourth-order valence-electron chi connectivity index (χ4n) is 2.06. The summed E-state index contributed by atoms with van der Waals surface area (Å²) in [6.45, 7) is 2.20. The number of piperidine rings is 1. The number of nitrogens with zero attached hydrogens (tertiary/aromatic N) is 2. The fourth-order valence-corrected chi connectivity index (χ4v) is 2.06. The summed E-state index contributed by atoms with van der Waals surface area (Å²) in [5.41, 5.74) is 1.26. The zero-order valence-corrected chi connectivity index (χ0v) is 8.79. The van der Waals surface area contributed by atoms with Crippen LogP contribution in [0.4, 0.5) is 0 Å². The van der Waals surface area contributed by atoms with Crippen LogP contribution in [0.5, 0.6) is 5.88 Å². The molecule has 0 atom stereocenters. The predicted octanol–water partition coefficient (Wildman–Crippen LogP) is 0.896. The molecular weight excluding hydrogens is 178 g/mol. The van der Waals surface area contributed by atoms with Crippen molar-refractivity contribution in [2.75, 3.05) is 20.2 Å². The monoisotopic (exact) mass is 195 g/mol. The molecule has 1 aromatic rings. The SMILES string of the molecule is COc1nn(C)cc1C1CCNCC1. The topological polar surface area (TPSA) is 39.1 Å². The lowest BCUT2D eigenvalue weighted by Gasteiger charge is -2.21. The highest BCUT2D eigenvalue weighted by molar-refractivity contribution is 5.28. The third-order valence-corrected chi connectivity index (χ3v) is 2.79. The molecule has 0 saturated carbocycles. The van der Waals surface area contributed by atoms with E-state index < -0.39 is 0 Å². The Morgan fingerprint density at radius 3 is 2.86 bits per heavy atom. The Labute approximate surface area is 84.3 Å². The molecule has 0 aliphatic carbocycles. The number of rotatable bonds is 2. The predicted molar refractivity (Wildman–Crippen MR) is 54.6 cm³/mol. The van der Waals surface area contributed by atoms with Crippen molar-refractivity contribution >= 4 is 0 Å². The van der Waals surface area contributed by atoms with E-state index in [2.05, 4.69) is 16.6 Å². The van der Waals surface area contributed by atoms with Crippen molar-refractivity contribution in [2.45, 2.75) is 18.8 Å². The van der Waals surface area contributed by atoms with Gasteiger partial charge in [0.05, 0.1) is 7.11 Å². The van der Waals surface area contributed by atoms with E-state index in [4.69, 9.17) is 4.74 Å². The number of ether oxygens (including phenoxy) is 1. The molecule has 4 nitrogen and oxygen atoms in total. The first kappa shape index (κ1) is 9.52. The van der Waals surface area contributed by atoms with Gasteiger partial charge in [-0.3, -0.25) is 4.68 Å². The molecule has 14 heavy (non-hydrogen) atoms. The average Bonchev–Trinajstić information content (AvgIpc) is 2.61. The molecule has 0 bridgehead atoms. The van der Waals surface area contributed by atoms with Crippen LogP contribution < -0.4 is 10.1 Å². The lowest BCUT2D eigenvalue weighted by molar-refractivity contribution is 0.376. The molecule has 1 aromatic heterocycles. The zero-order valence-electron chi connectivity index (χ0n) is 8.79. The summed E-state index contributed by atoms with van der Waals surface area (Å²) in [6.07, 6.45) is 4.44. The number of nitrogens with one attached hydrogen (secondary N) is 1. The summed E-state index contributed by atoms with van der Waals surface area (Å²) in [7, 11) is 3.63. The first-order valence-electron chi connectivity index (χ1n) is 5.09. The van der Waals surface area contributed by atoms with Gasteiger partial charge >= 0.3 is 0 Å². The summed E-state index contributed by atoms with van der Waals surface area (Å²) in [4.78, 5) is 0. The van der Waals surface area contributed by atoms with Crippen molar-refractivity contribution in [2.24, 2.45) is 7.05 Å². The first-order valence-corrected chi connectivity index (χ1v) is 5.09. The molecule has 0 amide bonds. The van der Waals surface area contributed by atoms with E-state index in [-0.39, 0.29) is 0 Å². The highest BCUT2D eigenvalue weighted by Crippen LogP contribution is 2.31. The van der Waals surface area contributed by atoms with Gasteiger partial charge in [-0.15, -0.1) is 5.10 Å². The highest BCUT2D eigenvalue weighted by atomic mass is 16.5. The third kappa shape index (κ3) is 1.75. The van der Waals surface area contributed by atoms with Crippen LogP contribution in [0.2, 0.25) is 0 Å². The second-order valence-electron chi connectivity index (χ2n) is 3.79. The van der Waals surface area contributed by atoms with Crippen molar-refractivity contribution in [3.8, 4) is 5.88 Å². The second-order valence-corrected chi connectivity index (χ2v) is 3.79. The van der Waals surface area contributed by atoms with Crippen LogP contribution in [0.15, 0.2) is 6.20 Å². The largest absolute Gasteiger partial charge is 0.480 e. The van der Waals surface area contributed by atoms with E-state index in [0.717, 1.165) is 19.0 Å².